The van der Waals surface area contributed by atoms with Crippen LogP contribution in [0.25, 0.3) is 22.4 Å². The minimum atomic E-state index is -0.490. The maximum Gasteiger partial charge on any atom is 0.249 e. The van der Waals surface area contributed by atoms with Gasteiger partial charge in [-0.2, -0.15) is 0 Å². The fourth-order valence-electron chi connectivity index (χ4n) is 3.99. The Hall–Kier alpha value is -3.58. The van der Waals surface area contributed by atoms with Crippen LogP contribution in [0.15, 0.2) is 61.2 Å². The van der Waals surface area contributed by atoms with Crippen molar-refractivity contribution in [2.45, 2.75) is 25.5 Å². The smallest absolute Gasteiger partial charge is 0.249 e. The summed E-state index contributed by atoms with van der Waals surface area (Å²) in [5, 5.41) is 0. The Labute approximate surface area is 179 Å². The molecule has 7 nitrogen and oxygen atoms in total. The van der Waals surface area contributed by atoms with Gasteiger partial charge in [0.2, 0.25) is 5.91 Å². The summed E-state index contributed by atoms with van der Waals surface area (Å²) in [5.41, 5.74) is 10.7. The third-order valence-corrected chi connectivity index (χ3v) is 5.54. The Bertz CT molecular complexity index is 1230. The summed E-state index contributed by atoms with van der Waals surface area (Å²) < 4.78 is 7.86. The van der Waals surface area contributed by atoms with E-state index in [9.17, 15) is 4.79 Å². The molecule has 1 fully saturated rings. The molecule has 0 aliphatic carbocycles. The Kier molecular flexibility index (Phi) is 5.18. The Morgan fingerprint density at radius 2 is 1.97 bits per heavy atom. The molecule has 1 aliphatic heterocycles. The number of fused-ring (bicyclic) bond motifs is 1. The van der Waals surface area contributed by atoms with Crippen LogP contribution in [-0.4, -0.2) is 32.0 Å². The molecule has 2 aromatic carbocycles. The van der Waals surface area contributed by atoms with E-state index in [1.807, 2.05) is 53.5 Å². The summed E-state index contributed by atoms with van der Waals surface area (Å²) in [7, 11) is 0. The number of rotatable bonds is 5. The van der Waals surface area contributed by atoms with Gasteiger partial charge in [0.05, 0.1) is 6.33 Å². The number of benzene rings is 2. The maximum atomic E-state index is 12.2. The predicted octanol–water partition coefficient (Wildman–Crippen LogP) is 3.89. The molecule has 1 saturated heterocycles. The van der Waals surface area contributed by atoms with Gasteiger partial charge in [-0.25, -0.2) is 15.0 Å². The number of hydrogen-bond acceptors (Lipinski definition) is 5. The highest BCUT2D eigenvalue weighted by Gasteiger charge is 2.21. The number of carbonyl (C=O) groups excluding carboxylic acids is 1. The SMILES string of the molecule is NC(=O)c1cc(-c2ncnc3c2ncn3C2CCCCO2)ccc1[CH]c1ccccc1. The van der Waals surface area contributed by atoms with Crippen molar-refractivity contribution in [2.75, 3.05) is 6.61 Å². The quantitative estimate of drug-likeness (QED) is 0.536. The molecule has 31 heavy (non-hydrogen) atoms. The fraction of sp³-hybridized carbons (Fsp3) is 0.208. The van der Waals surface area contributed by atoms with Gasteiger partial charge >= 0.3 is 0 Å². The van der Waals surface area contributed by atoms with E-state index in [-0.39, 0.29) is 6.23 Å². The van der Waals surface area contributed by atoms with Crippen LogP contribution < -0.4 is 5.73 Å². The number of carbonyl (C=O) groups is 1. The standard InChI is InChI=1S/C24H22N5O2/c25-23(30)19-13-18(10-9-17(19)12-16-6-2-1-3-7-16)21-22-24(27-14-26-21)29(15-28-22)20-8-4-5-11-31-20/h1-3,6-7,9-10,12-15,20H,4-5,8,11H2,(H2,25,30). The largest absolute Gasteiger partial charge is 0.366 e. The first-order valence-electron chi connectivity index (χ1n) is 10.3. The summed E-state index contributed by atoms with van der Waals surface area (Å²) in [6.07, 6.45) is 8.27. The first-order valence-corrected chi connectivity index (χ1v) is 10.3. The van der Waals surface area contributed by atoms with Gasteiger partial charge in [-0.15, -0.1) is 0 Å². The van der Waals surface area contributed by atoms with Crippen molar-refractivity contribution in [1.82, 2.24) is 19.5 Å². The second-order valence-corrected chi connectivity index (χ2v) is 7.59. The normalized spacial score (nSPS) is 16.5. The van der Waals surface area contributed by atoms with Gasteiger partial charge < -0.3 is 10.5 Å². The summed E-state index contributed by atoms with van der Waals surface area (Å²) in [6, 6.07) is 15.4. The molecule has 7 heteroatoms. The van der Waals surface area contributed by atoms with Crippen molar-refractivity contribution in [3.8, 4) is 11.3 Å². The van der Waals surface area contributed by atoms with Crippen molar-refractivity contribution in [3.05, 3.63) is 84.3 Å². The van der Waals surface area contributed by atoms with E-state index in [1.54, 1.807) is 12.4 Å². The molecule has 5 rings (SSSR count). The summed E-state index contributed by atoms with van der Waals surface area (Å²) in [6.45, 7) is 0.740. The second-order valence-electron chi connectivity index (χ2n) is 7.59. The molecule has 1 amide bonds. The maximum absolute atomic E-state index is 12.2. The minimum Gasteiger partial charge on any atom is -0.366 e. The fourth-order valence-corrected chi connectivity index (χ4v) is 3.99. The van der Waals surface area contributed by atoms with Crippen molar-refractivity contribution in [3.63, 3.8) is 0 Å². The first-order chi connectivity index (χ1) is 15.2. The van der Waals surface area contributed by atoms with Crippen LogP contribution >= 0.6 is 0 Å². The molecule has 4 aromatic rings. The molecule has 3 heterocycles. The molecule has 0 saturated carbocycles. The van der Waals surface area contributed by atoms with E-state index in [0.717, 1.165) is 48.2 Å². The van der Waals surface area contributed by atoms with E-state index in [2.05, 4.69) is 15.0 Å². The third-order valence-electron chi connectivity index (χ3n) is 5.54. The van der Waals surface area contributed by atoms with Crippen LogP contribution in [0, 0.1) is 6.42 Å². The Balaban J connectivity index is 1.54. The molecule has 1 aliphatic rings. The van der Waals surface area contributed by atoms with E-state index >= 15 is 0 Å². The van der Waals surface area contributed by atoms with E-state index in [0.29, 0.717) is 16.8 Å². The zero-order valence-electron chi connectivity index (χ0n) is 16.9. The number of ether oxygens (including phenoxy) is 1. The van der Waals surface area contributed by atoms with Crippen LogP contribution in [0.1, 0.15) is 47.0 Å². The third kappa shape index (κ3) is 3.80. The number of nitrogens with zero attached hydrogens (tertiary/aromatic N) is 4. The lowest BCUT2D eigenvalue weighted by molar-refractivity contribution is -0.0298. The van der Waals surface area contributed by atoms with E-state index < -0.39 is 5.91 Å². The minimum absolute atomic E-state index is 0.0643. The summed E-state index contributed by atoms with van der Waals surface area (Å²) >= 11 is 0. The molecule has 155 valence electrons. The number of primary amides is 1. The first kappa shape index (κ1) is 19.4. The van der Waals surface area contributed by atoms with Crippen LogP contribution in [-0.2, 0) is 4.74 Å². The second kappa shape index (κ2) is 8.28. The van der Waals surface area contributed by atoms with E-state index in [1.165, 1.54) is 6.33 Å². The number of aromatic nitrogens is 4. The average Bonchev–Trinajstić information content (AvgIpc) is 3.25. The number of amides is 1. The predicted molar refractivity (Wildman–Crippen MR) is 117 cm³/mol. The topological polar surface area (TPSA) is 95.9 Å². The van der Waals surface area contributed by atoms with E-state index in [4.69, 9.17) is 10.5 Å². The highest BCUT2D eigenvalue weighted by molar-refractivity contribution is 5.97. The van der Waals surface area contributed by atoms with Crippen LogP contribution in [0.2, 0.25) is 0 Å². The number of imidazole rings is 1. The van der Waals surface area contributed by atoms with Gasteiger partial charge in [0.1, 0.15) is 23.8 Å². The zero-order chi connectivity index (χ0) is 21.2. The summed E-state index contributed by atoms with van der Waals surface area (Å²) in [4.78, 5) is 25.7. The van der Waals surface area contributed by atoms with Gasteiger partial charge in [0, 0.05) is 24.2 Å². The summed E-state index contributed by atoms with van der Waals surface area (Å²) in [5.74, 6) is -0.490. The molecule has 2 N–H and O–H groups in total. The van der Waals surface area contributed by atoms with Gasteiger partial charge in [0.25, 0.3) is 0 Å². The van der Waals surface area contributed by atoms with Gasteiger partial charge in [0.15, 0.2) is 5.65 Å². The Morgan fingerprint density at radius 1 is 1.10 bits per heavy atom. The number of hydrogen-bond donors (Lipinski definition) is 1. The van der Waals surface area contributed by atoms with Crippen LogP contribution in [0.3, 0.4) is 0 Å². The molecule has 0 bridgehead atoms. The molecular formula is C24H22N5O2. The average molecular weight is 412 g/mol. The van der Waals surface area contributed by atoms with Gasteiger partial charge in [-0.1, -0.05) is 42.5 Å². The molecule has 2 aromatic heterocycles. The lowest BCUT2D eigenvalue weighted by Crippen LogP contribution is -2.17. The lowest BCUT2D eigenvalue weighted by Gasteiger charge is -2.23. The number of nitrogens with two attached hydrogens (primary N) is 1. The van der Waals surface area contributed by atoms with Crippen LogP contribution in [0.4, 0.5) is 0 Å². The highest BCUT2D eigenvalue weighted by Crippen LogP contribution is 2.30. The van der Waals surface area contributed by atoms with Gasteiger partial charge in [-0.05, 0) is 36.5 Å². The monoisotopic (exact) mass is 412 g/mol. The zero-order valence-corrected chi connectivity index (χ0v) is 16.9. The van der Waals surface area contributed by atoms with Crippen molar-refractivity contribution < 1.29 is 9.53 Å². The molecule has 1 radical (unpaired) electrons. The highest BCUT2D eigenvalue weighted by atomic mass is 16.5. The van der Waals surface area contributed by atoms with Crippen LogP contribution in [0.5, 0.6) is 0 Å². The van der Waals surface area contributed by atoms with Crippen molar-refractivity contribution in [1.29, 1.82) is 0 Å². The molecule has 1 unspecified atom stereocenters. The van der Waals surface area contributed by atoms with Crippen molar-refractivity contribution in [2.24, 2.45) is 5.73 Å². The lowest BCUT2D eigenvalue weighted by atomic mass is 9.96. The van der Waals surface area contributed by atoms with Crippen molar-refractivity contribution >= 4 is 17.1 Å². The molecule has 0 spiro atoms. The molecular weight excluding hydrogens is 390 g/mol. The molecule has 1 atom stereocenters. The van der Waals surface area contributed by atoms with Gasteiger partial charge in [-0.3, -0.25) is 9.36 Å². The Morgan fingerprint density at radius 3 is 2.74 bits per heavy atom.